The van der Waals surface area contributed by atoms with Crippen molar-refractivity contribution in [2.24, 2.45) is 0 Å². The van der Waals surface area contributed by atoms with Gasteiger partial charge in [-0.05, 0) is 29.8 Å². The van der Waals surface area contributed by atoms with E-state index in [1.165, 1.54) is 5.56 Å². The molecule has 1 aromatic heterocycles. The zero-order chi connectivity index (χ0) is 19.1. The molecule has 2 aliphatic rings. The summed E-state index contributed by atoms with van der Waals surface area (Å²) in [5, 5.41) is 1.02. The number of aromatic nitrogens is 1. The molecule has 0 aliphatic carbocycles. The van der Waals surface area contributed by atoms with Gasteiger partial charge in [-0.15, -0.1) is 0 Å². The van der Waals surface area contributed by atoms with Crippen molar-refractivity contribution in [3.05, 3.63) is 77.2 Å². The Hall–Kier alpha value is -3.29. The largest absolute Gasteiger partial charge is 0.440 e. The summed E-state index contributed by atoms with van der Waals surface area (Å²) in [4.78, 5) is 29.1. The molecule has 7 heteroatoms. The minimum atomic E-state index is -0.365. The van der Waals surface area contributed by atoms with Gasteiger partial charge >= 0.3 is 0 Å². The SMILES string of the molecule is O=C1c2ccccc2C(=O)N1NCc1cnc(-c2cccc(C3COC3)c2)o1. The van der Waals surface area contributed by atoms with Gasteiger partial charge in [0.15, 0.2) is 0 Å². The summed E-state index contributed by atoms with van der Waals surface area (Å²) in [5.74, 6) is 0.724. The summed E-state index contributed by atoms with van der Waals surface area (Å²) in [6, 6.07) is 14.8. The van der Waals surface area contributed by atoms with E-state index in [-0.39, 0.29) is 18.4 Å². The quantitative estimate of drug-likeness (QED) is 0.691. The van der Waals surface area contributed by atoms with Gasteiger partial charge in [-0.2, -0.15) is 0 Å². The Balaban J connectivity index is 1.29. The summed E-state index contributed by atoms with van der Waals surface area (Å²) in [5.41, 5.74) is 5.72. The second kappa shape index (κ2) is 6.70. The smallest absolute Gasteiger partial charge is 0.276 e. The number of imide groups is 1. The molecule has 28 heavy (non-hydrogen) atoms. The number of hydrogen-bond acceptors (Lipinski definition) is 6. The molecule has 2 aliphatic heterocycles. The Bertz CT molecular complexity index is 1040. The van der Waals surface area contributed by atoms with E-state index in [1.807, 2.05) is 12.1 Å². The first-order valence-corrected chi connectivity index (χ1v) is 9.05. The first-order valence-electron chi connectivity index (χ1n) is 9.05. The van der Waals surface area contributed by atoms with Gasteiger partial charge in [0, 0.05) is 11.5 Å². The summed E-state index contributed by atoms with van der Waals surface area (Å²) < 4.78 is 11.1. The molecular formula is C21H17N3O4. The molecule has 0 saturated carbocycles. The van der Waals surface area contributed by atoms with Gasteiger partial charge < -0.3 is 9.15 Å². The minimum Gasteiger partial charge on any atom is -0.440 e. The standard InChI is InChI=1S/C21H17N3O4/c25-20-17-6-1-2-7-18(17)21(26)24(20)23-10-16-9-22-19(28-16)14-5-3-4-13(8-14)15-11-27-12-15/h1-9,15,23H,10-12H2. The summed E-state index contributed by atoms with van der Waals surface area (Å²) in [6.45, 7) is 1.66. The van der Waals surface area contributed by atoms with Crippen molar-refractivity contribution in [2.45, 2.75) is 12.5 Å². The van der Waals surface area contributed by atoms with Gasteiger partial charge in [-0.3, -0.25) is 9.59 Å². The van der Waals surface area contributed by atoms with Crippen molar-refractivity contribution in [1.29, 1.82) is 0 Å². The first kappa shape index (κ1) is 16.9. The van der Waals surface area contributed by atoms with Crippen LogP contribution >= 0.6 is 0 Å². The van der Waals surface area contributed by atoms with E-state index in [0.29, 0.717) is 28.7 Å². The van der Waals surface area contributed by atoms with Crippen LogP contribution in [0.4, 0.5) is 0 Å². The fraction of sp³-hybridized carbons (Fsp3) is 0.190. The lowest BCUT2D eigenvalue weighted by molar-refractivity contribution is 0.00843. The number of benzene rings is 2. The molecule has 1 saturated heterocycles. The predicted octanol–water partition coefficient (Wildman–Crippen LogP) is 2.76. The average Bonchev–Trinajstić information content (AvgIpc) is 3.24. The molecule has 140 valence electrons. The molecule has 1 fully saturated rings. The number of carbonyl (C=O) groups is 2. The minimum absolute atomic E-state index is 0.175. The van der Waals surface area contributed by atoms with Crippen LogP contribution in [0.3, 0.4) is 0 Å². The molecule has 1 N–H and O–H groups in total. The summed E-state index contributed by atoms with van der Waals surface area (Å²) in [7, 11) is 0. The molecule has 0 spiro atoms. The van der Waals surface area contributed by atoms with Crippen LogP contribution in [0.15, 0.2) is 59.1 Å². The molecule has 0 unspecified atom stereocenters. The molecule has 2 aromatic carbocycles. The number of ether oxygens (including phenoxy) is 1. The van der Waals surface area contributed by atoms with Crippen LogP contribution in [-0.4, -0.2) is 35.0 Å². The lowest BCUT2D eigenvalue weighted by Crippen LogP contribution is -2.41. The highest BCUT2D eigenvalue weighted by molar-refractivity contribution is 6.20. The Morgan fingerprint density at radius 1 is 1.04 bits per heavy atom. The van der Waals surface area contributed by atoms with E-state index in [4.69, 9.17) is 9.15 Å². The van der Waals surface area contributed by atoms with Crippen LogP contribution in [0, 0.1) is 0 Å². The van der Waals surface area contributed by atoms with Gasteiger partial charge in [0.2, 0.25) is 5.89 Å². The van der Waals surface area contributed by atoms with Crippen LogP contribution < -0.4 is 5.43 Å². The number of fused-ring (bicyclic) bond motifs is 1. The Labute approximate surface area is 160 Å². The predicted molar refractivity (Wildman–Crippen MR) is 99.3 cm³/mol. The zero-order valence-corrected chi connectivity index (χ0v) is 14.9. The fourth-order valence-electron chi connectivity index (χ4n) is 3.37. The van der Waals surface area contributed by atoms with Crippen LogP contribution in [0.25, 0.3) is 11.5 Å². The topological polar surface area (TPSA) is 84.7 Å². The third-order valence-electron chi connectivity index (χ3n) is 5.00. The van der Waals surface area contributed by atoms with Gasteiger partial charge in [-0.1, -0.05) is 24.3 Å². The van der Waals surface area contributed by atoms with E-state index >= 15 is 0 Å². The summed E-state index contributed by atoms with van der Waals surface area (Å²) >= 11 is 0. The summed E-state index contributed by atoms with van der Waals surface area (Å²) in [6.07, 6.45) is 1.60. The van der Waals surface area contributed by atoms with E-state index < -0.39 is 0 Å². The number of hydrazine groups is 1. The Kier molecular flexibility index (Phi) is 4.03. The molecule has 7 nitrogen and oxygen atoms in total. The van der Waals surface area contributed by atoms with Crippen molar-refractivity contribution in [2.75, 3.05) is 13.2 Å². The lowest BCUT2D eigenvalue weighted by atomic mass is 9.96. The highest BCUT2D eigenvalue weighted by Gasteiger charge is 2.35. The molecule has 0 bridgehead atoms. The van der Waals surface area contributed by atoms with Gasteiger partial charge in [0.05, 0.1) is 37.1 Å². The number of rotatable bonds is 5. The van der Waals surface area contributed by atoms with Crippen molar-refractivity contribution in [3.8, 4) is 11.5 Å². The van der Waals surface area contributed by atoms with E-state index in [0.717, 1.165) is 23.8 Å². The Morgan fingerprint density at radius 2 is 1.79 bits per heavy atom. The van der Waals surface area contributed by atoms with Crippen molar-refractivity contribution < 1.29 is 18.7 Å². The molecule has 3 heterocycles. The van der Waals surface area contributed by atoms with Crippen LogP contribution in [-0.2, 0) is 11.3 Å². The van der Waals surface area contributed by atoms with Crippen LogP contribution in [0.5, 0.6) is 0 Å². The van der Waals surface area contributed by atoms with Crippen LogP contribution in [0.2, 0.25) is 0 Å². The number of nitrogens with zero attached hydrogens (tertiary/aromatic N) is 2. The maximum absolute atomic E-state index is 12.4. The molecule has 5 rings (SSSR count). The van der Waals surface area contributed by atoms with E-state index in [9.17, 15) is 9.59 Å². The number of oxazole rings is 1. The highest BCUT2D eigenvalue weighted by atomic mass is 16.5. The number of amides is 2. The number of carbonyl (C=O) groups excluding carboxylic acids is 2. The molecule has 2 amide bonds. The van der Waals surface area contributed by atoms with Gasteiger partial charge in [-0.25, -0.2) is 15.4 Å². The van der Waals surface area contributed by atoms with E-state index in [2.05, 4.69) is 22.5 Å². The molecular weight excluding hydrogens is 358 g/mol. The van der Waals surface area contributed by atoms with Crippen molar-refractivity contribution >= 4 is 11.8 Å². The van der Waals surface area contributed by atoms with Crippen LogP contribution in [0.1, 0.15) is 38.0 Å². The zero-order valence-electron chi connectivity index (χ0n) is 14.9. The van der Waals surface area contributed by atoms with Gasteiger partial charge in [0.1, 0.15) is 5.76 Å². The van der Waals surface area contributed by atoms with E-state index in [1.54, 1.807) is 30.5 Å². The normalized spacial score (nSPS) is 16.4. The monoisotopic (exact) mass is 375 g/mol. The Morgan fingerprint density at radius 3 is 2.46 bits per heavy atom. The van der Waals surface area contributed by atoms with Crippen molar-refractivity contribution in [1.82, 2.24) is 15.4 Å². The van der Waals surface area contributed by atoms with Gasteiger partial charge in [0.25, 0.3) is 11.8 Å². The average molecular weight is 375 g/mol. The first-order chi connectivity index (χ1) is 13.7. The number of hydrogen-bond donors (Lipinski definition) is 1. The molecule has 3 aromatic rings. The molecule has 0 atom stereocenters. The fourth-order valence-corrected chi connectivity index (χ4v) is 3.37. The maximum atomic E-state index is 12.4. The second-order valence-electron chi connectivity index (χ2n) is 6.82. The lowest BCUT2D eigenvalue weighted by Gasteiger charge is -2.26. The number of nitrogens with one attached hydrogen (secondary N) is 1. The van der Waals surface area contributed by atoms with Crippen molar-refractivity contribution in [3.63, 3.8) is 0 Å². The third kappa shape index (κ3) is 2.81. The molecule has 0 radical (unpaired) electrons. The highest BCUT2D eigenvalue weighted by Crippen LogP contribution is 2.28. The maximum Gasteiger partial charge on any atom is 0.276 e. The second-order valence-corrected chi connectivity index (χ2v) is 6.82. The third-order valence-corrected chi connectivity index (χ3v) is 5.00.